The van der Waals surface area contributed by atoms with Crippen molar-refractivity contribution in [2.75, 3.05) is 45.3 Å². The predicted molar refractivity (Wildman–Crippen MR) is 184 cm³/mol. The van der Waals surface area contributed by atoms with E-state index in [0.717, 1.165) is 6.07 Å². The molecule has 5 aromatic rings. The standard InChI is InChI=1S/C33H33N5O9S2/c1-36(2)12-13-46-24-8-11-28-22(14-24)15-29(35-28)33(39)37-18-23(19-47-48(42,43)20-21-6-4-3-5-7-21)32-26-10-9-25(49(34,44)45)16-27(26)30(38(40)41)17-31(32)37/h3-11,14-17,23,35H,12-13,18-20H2,1-2H3,(H2,34,44,45). The zero-order chi connectivity index (χ0) is 35.1. The zero-order valence-corrected chi connectivity index (χ0v) is 28.2. The molecule has 0 fully saturated rings. The van der Waals surface area contributed by atoms with E-state index < -0.39 is 42.6 Å². The average molecular weight is 708 g/mol. The van der Waals surface area contributed by atoms with Gasteiger partial charge in [0.15, 0.2) is 0 Å². The number of nitrogens with zero attached hydrogens (tertiary/aromatic N) is 3. The number of H-pyrrole nitrogens is 1. The van der Waals surface area contributed by atoms with Crippen LogP contribution in [0.1, 0.15) is 27.5 Å². The molecule has 1 aliphatic rings. The number of hydrogen-bond acceptors (Lipinski definition) is 10. The average Bonchev–Trinajstić information content (AvgIpc) is 3.64. The third kappa shape index (κ3) is 7.28. The molecule has 0 aliphatic carbocycles. The van der Waals surface area contributed by atoms with E-state index in [1.165, 1.54) is 23.1 Å². The second-order valence-electron chi connectivity index (χ2n) is 12.0. The number of primary sulfonamides is 1. The Bertz CT molecular complexity index is 2310. The number of ether oxygens (including phenoxy) is 1. The van der Waals surface area contributed by atoms with Crippen molar-refractivity contribution < 1.29 is 35.5 Å². The fourth-order valence-electron chi connectivity index (χ4n) is 5.92. The minimum atomic E-state index is -4.22. The predicted octanol–water partition coefficient (Wildman–Crippen LogP) is 4.11. The van der Waals surface area contributed by atoms with Crippen LogP contribution in [-0.2, 0) is 30.1 Å². The number of carbonyl (C=O) groups is 1. The number of likely N-dealkylation sites (N-methyl/N-ethyl adjacent to an activating group) is 1. The number of nitro groups is 1. The van der Waals surface area contributed by atoms with E-state index in [1.807, 2.05) is 19.0 Å². The summed E-state index contributed by atoms with van der Waals surface area (Å²) in [6.45, 7) is 0.730. The molecule has 0 saturated carbocycles. The molecule has 0 radical (unpaired) electrons. The molecule has 1 unspecified atom stereocenters. The highest BCUT2D eigenvalue weighted by Gasteiger charge is 2.38. The number of fused-ring (bicyclic) bond motifs is 4. The van der Waals surface area contributed by atoms with E-state index in [-0.39, 0.29) is 46.0 Å². The van der Waals surface area contributed by atoms with Gasteiger partial charge in [-0.3, -0.25) is 19.1 Å². The molecule has 14 nitrogen and oxygen atoms in total. The Morgan fingerprint density at radius 2 is 1.78 bits per heavy atom. The van der Waals surface area contributed by atoms with Gasteiger partial charge in [-0.1, -0.05) is 36.4 Å². The summed E-state index contributed by atoms with van der Waals surface area (Å²) < 4.78 is 61.6. The number of carbonyl (C=O) groups excluding carboxylic acids is 1. The molecule has 1 aromatic heterocycles. The van der Waals surface area contributed by atoms with Gasteiger partial charge in [0.05, 0.1) is 27.5 Å². The number of rotatable bonds is 12. The molecule has 16 heteroatoms. The van der Waals surface area contributed by atoms with Gasteiger partial charge in [-0.2, -0.15) is 8.42 Å². The van der Waals surface area contributed by atoms with Crippen LogP contribution in [0.2, 0.25) is 0 Å². The van der Waals surface area contributed by atoms with Gasteiger partial charge in [0.1, 0.15) is 23.8 Å². The van der Waals surface area contributed by atoms with Gasteiger partial charge in [0, 0.05) is 36.0 Å². The van der Waals surface area contributed by atoms with Crippen LogP contribution in [0.5, 0.6) is 5.75 Å². The first-order chi connectivity index (χ1) is 23.2. The van der Waals surface area contributed by atoms with Crippen LogP contribution < -0.4 is 14.8 Å². The second kappa shape index (κ2) is 13.2. The quantitative estimate of drug-likeness (QED) is 0.108. The van der Waals surface area contributed by atoms with Crippen LogP contribution in [0, 0.1) is 10.1 Å². The summed E-state index contributed by atoms with van der Waals surface area (Å²) >= 11 is 0. The van der Waals surface area contributed by atoms with Crippen molar-refractivity contribution in [3.8, 4) is 5.75 Å². The Morgan fingerprint density at radius 3 is 2.47 bits per heavy atom. The molecule has 3 N–H and O–H groups in total. The van der Waals surface area contributed by atoms with Crippen molar-refractivity contribution in [2.45, 2.75) is 16.6 Å². The molecule has 6 rings (SSSR count). The van der Waals surface area contributed by atoms with Crippen LogP contribution in [-0.4, -0.2) is 77.9 Å². The highest BCUT2D eigenvalue weighted by molar-refractivity contribution is 7.89. The summed E-state index contributed by atoms with van der Waals surface area (Å²) in [6.07, 6.45) is 0. The molecule has 4 aromatic carbocycles. The second-order valence-corrected chi connectivity index (χ2v) is 15.2. The summed E-state index contributed by atoms with van der Waals surface area (Å²) in [4.78, 5) is 31.9. The van der Waals surface area contributed by atoms with Crippen molar-refractivity contribution in [1.29, 1.82) is 0 Å². The summed E-state index contributed by atoms with van der Waals surface area (Å²) in [5.41, 5.74) is 1.50. The first-order valence-electron chi connectivity index (χ1n) is 15.1. The lowest BCUT2D eigenvalue weighted by molar-refractivity contribution is -0.383. The van der Waals surface area contributed by atoms with Crippen LogP contribution in [0.4, 0.5) is 11.4 Å². The van der Waals surface area contributed by atoms with Gasteiger partial charge in [-0.15, -0.1) is 0 Å². The van der Waals surface area contributed by atoms with E-state index in [4.69, 9.17) is 14.1 Å². The number of hydrogen-bond donors (Lipinski definition) is 2. The van der Waals surface area contributed by atoms with Gasteiger partial charge in [-0.05, 0) is 67.0 Å². The molecule has 1 atom stereocenters. The number of benzene rings is 4. The van der Waals surface area contributed by atoms with Gasteiger partial charge in [0.2, 0.25) is 10.0 Å². The normalized spacial score (nSPS) is 14.9. The molecule has 0 spiro atoms. The first-order valence-corrected chi connectivity index (χ1v) is 18.2. The number of nitro benzene ring substituents is 1. The molecule has 256 valence electrons. The fourth-order valence-corrected chi connectivity index (χ4v) is 7.52. The number of sulfonamides is 1. The van der Waals surface area contributed by atoms with Gasteiger partial charge in [0.25, 0.3) is 21.7 Å². The number of aromatic amines is 1. The largest absolute Gasteiger partial charge is 0.492 e. The van der Waals surface area contributed by atoms with Gasteiger partial charge >= 0.3 is 0 Å². The molecule has 0 bridgehead atoms. The lowest BCUT2D eigenvalue weighted by Gasteiger charge is -2.17. The van der Waals surface area contributed by atoms with Crippen LogP contribution in [0.3, 0.4) is 0 Å². The molecule has 1 aliphatic heterocycles. The summed E-state index contributed by atoms with van der Waals surface area (Å²) in [6, 6.07) is 20.4. The van der Waals surface area contributed by atoms with Crippen molar-refractivity contribution >= 4 is 59.1 Å². The lowest BCUT2D eigenvalue weighted by Crippen LogP contribution is -2.31. The molecular formula is C33H33N5O9S2. The van der Waals surface area contributed by atoms with E-state index in [2.05, 4.69) is 4.98 Å². The first kappa shape index (κ1) is 34.0. The minimum Gasteiger partial charge on any atom is -0.492 e. The Hall–Kier alpha value is -4.87. The van der Waals surface area contributed by atoms with Crippen molar-refractivity contribution in [3.63, 3.8) is 0 Å². The number of aromatic nitrogens is 1. The molecule has 1 amide bonds. The van der Waals surface area contributed by atoms with Crippen molar-refractivity contribution in [1.82, 2.24) is 9.88 Å². The van der Waals surface area contributed by atoms with Crippen LogP contribution >= 0.6 is 0 Å². The van der Waals surface area contributed by atoms with Crippen LogP contribution in [0.25, 0.3) is 21.7 Å². The van der Waals surface area contributed by atoms with Crippen LogP contribution in [0.15, 0.2) is 83.8 Å². The van der Waals surface area contributed by atoms with E-state index in [9.17, 15) is 31.7 Å². The number of nitrogens with two attached hydrogens (primary N) is 1. The number of anilines is 1. The topological polar surface area (TPSA) is 195 Å². The van der Waals surface area contributed by atoms with Crippen molar-refractivity contribution in [3.05, 3.63) is 106 Å². The highest BCUT2D eigenvalue weighted by atomic mass is 32.2. The van der Waals surface area contributed by atoms with E-state index in [1.54, 1.807) is 54.6 Å². The van der Waals surface area contributed by atoms with E-state index >= 15 is 0 Å². The number of amides is 1. The monoisotopic (exact) mass is 707 g/mol. The third-order valence-electron chi connectivity index (χ3n) is 8.24. The summed E-state index contributed by atoms with van der Waals surface area (Å²) in [5, 5.41) is 18.6. The Kier molecular flexibility index (Phi) is 9.17. The Morgan fingerprint density at radius 1 is 1.02 bits per heavy atom. The maximum absolute atomic E-state index is 14.1. The van der Waals surface area contributed by atoms with Crippen molar-refractivity contribution in [2.24, 2.45) is 5.14 Å². The molecular weight excluding hydrogens is 675 g/mol. The fraction of sp³-hybridized carbons (Fsp3) is 0.242. The number of non-ortho nitro benzene ring substituents is 1. The third-order valence-corrected chi connectivity index (χ3v) is 10.3. The zero-order valence-electron chi connectivity index (χ0n) is 26.5. The van der Waals surface area contributed by atoms with Gasteiger partial charge in [-0.25, -0.2) is 13.6 Å². The Balaban J connectivity index is 1.39. The van der Waals surface area contributed by atoms with E-state index in [0.29, 0.717) is 40.9 Å². The maximum Gasteiger partial charge on any atom is 0.279 e. The lowest BCUT2D eigenvalue weighted by atomic mass is 9.94. The summed E-state index contributed by atoms with van der Waals surface area (Å²) in [5.74, 6) is -1.04. The highest BCUT2D eigenvalue weighted by Crippen LogP contribution is 2.46. The number of nitrogens with one attached hydrogen (secondary N) is 1. The minimum absolute atomic E-state index is 0.0332. The molecule has 2 heterocycles. The SMILES string of the molecule is CN(C)CCOc1ccc2[nH]c(C(=O)N3CC(COS(=O)(=O)Cc4ccccc4)c4c3cc([N+](=O)[O-])c3cc(S(N)(=O)=O)ccc43)cc2c1. The summed E-state index contributed by atoms with van der Waals surface area (Å²) in [7, 11) is -4.42. The maximum atomic E-state index is 14.1. The molecule has 49 heavy (non-hydrogen) atoms. The smallest absolute Gasteiger partial charge is 0.279 e. The molecule has 0 saturated heterocycles. The Labute approximate surface area is 282 Å². The van der Waals surface area contributed by atoms with Gasteiger partial charge < -0.3 is 19.5 Å².